The van der Waals surface area contributed by atoms with Crippen molar-refractivity contribution in [1.29, 1.82) is 0 Å². The van der Waals surface area contributed by atoms with Crippen LogP contribution in [-0.4, -0.2) is 27.4 Å². The van der Waals surface area contributed by atoms with Crippen LogP contribution in [0.3, 0.4) is 0 Å². The first-order chi connectivity index (χ1) is 8.04. The molecule has 88 valence electrons. The zero-order chi connectivity index (χ0) is 12.8. The quantitative estimate of drug-likeness (QED) is 0.359. The second kappa shape index (κ2) is 5.67. The van der Waals surface area contributed by atoms with Gasteiger partial charge in [-0.15, -0.1) is 0 Å². The summed E-state index contributed by atoms with van der Waals surface area (Å²) < 4.78 is 12.6. The molecule has 0 spiro atoms. The van der Waals surface area contributed by atoms with Crippen LogP contribution in [0, 0.1) is 5.82 Å². The topological polar surface area (TPSA) is 90.8 Å². The molecule has 0 amide bonds. The maximum atomic E-state index is 12.6. The Morgan fingerprint density at radius 2 is 1.88 bits per heavy atom. The van der Waals surface area contributed by atoms with Gasteiger partial charge in [0.05, 0.1) is 0 Å². The number of carboxylic acid groups (broad SMARTS) is 1. The normalized spacial score (nSPS) is 9.47. The highest BCUT2D eigenvalue weighted by Gasteiger charge is 2.27. The van der Waals surface area contributed by atoms with Crippen molar-refractivity contribution in [3.63, 3.8) is 0 Å². The second-order valence-corrected chi connectivity index (χ2v) is 3.30. The Morgan fingerprint density at radius 1 is 1.29 bits per heavy atom. The molecule has 0 saturated heterocycles. The smallest absolute Gasteiger partial charge is 0.441 e. The Bertz CT molecular complexity index is 490. The van der Waals surface area contributed by atoms with Gasteiger partial charge in [0, 0.05) is 6.42 Å². The maximum Gasteiger partial charge on any atom is 0.441 e. The lowest BCUT2D eigenvalue weighted by Crippen LogP contribution is -2.25. The van der Waals surface area contributed by atoms with Crippen molar-refractivity contribution in [3.05, 3.63) is 41.2 Å². The van der Waals surface area contributed by atoms with E-state index in [4.69, 9.17) is 10.6 Å². The Balaban J connectivity index is 2.62. The minimum Gasteiger partial charge on any atom is -0.472 e. The first-order valence-electron chi connectivity index (χ1n) is 4.77. The van der Waals surface area contributed by atoms with E-state index in [1.54, 1.807) is 0 Å². The minimum atomic E-state index is -1.57. The molecule has 0 heterocycles. The number of benzene rings is 1. The molecule has 1 aromatic rings. The molecule has 0 aliphatic rings. The van der Waals surface area contributed by atoms with Crippen LogP contribution in [0.1, 0.15) is 12.0 Å². The molecule has 0 radical (unpaired) electrons. The van der Waals surface area contributed by atoms with E-state index < -0.39 is 17.5 Å². The fraction of sp³-hybridized carbons (Fsp3) is 0.182. The van der Waals surface area contributed by atoms with Crippen LogP contribution in [0.15, 0.2) is 24.3 Å². The van der Waals surface area contributed by atoms with Crippen molar-refractivity contribution in [2.24, 2.45) is 0 Å². The van der Waals surface area contributed by atoms with Gasteiger partial charge in [-0.2, -0.15) is 4.79 Å². The number of aliphatic carboxylic acids is 1. The molecule has 0 saturated carbocycles. The second-order valence-electron chi connectivity index (χ2n) is 3.30. The predicted molar refractivity (Wildman–Crippen MR) is 56.0 cm³/mol. The SMILES string of the molecule is [N-]=[N+]=C(C(=O)O)C(=O)CCc1ccc(F)cc1. The summed E-state index contributed by atoms with van der Waals surface area (Å²) in [4.78, 5) is 24.2. The van der Waals surface area contributed by atoms with E-state index in [2.05, 4.69) is 4.79 Å². The predicted octanol–water partition coefficient (Wildman–Crippen LogP) is 1.08. The van der Waals surface area contributed by atoms with Crippen molar-refractivity contribution >= 4 is 17.5 Å². The standard InChI is InChI=1S/C11H9FN2O3/c12-8-4-1-7(2-5-8)3-6-9(15)10(14-13)11(16)17/h1-2,4-5H,3,6H2,(H,16,17). The number of carbonyl (C=O) groups excluding carboxylic acids is 1. The molecule has 0 atom stereocenters. The molecule has 5 nitrogen and oxygen atoms in total. The lowest BCUT2D eigenvalue weighted by Gasteiger charge is -1.97. The van der Waals surface area contributed by atoms with Crippen molar-refractivity contribution in [3.8, 4) is 0 Å². The van der Waals surface area contributed by atoms with Crippen LogP contribution in [-0.2, 0) is 16.0 Å². The molecule has 6 heteroatoms. The molecule has 0 fully saturated rings. The van der Waals surface area contributed by atoms with Crippen molar-refractivity contribution < 1.29 is 23.9 Å². The molecule has 1 rings (SSSR count). The van der Waals surface area contributed by atoms with Crippen LogP contribution in [0.4, 0.5) is 4.39 Å². The molecular formula is C11H9FN2O3. The van der Waals surface area contributed by atoms with Gasteiger partial charge < -0.3 is 10.6 Å². The number of halogens is 1. The molecule has 1 N–H and O–H groups in total. The minimum absolute atomic E-state index is 0.114. The van der Waals surface area contributed by atoms with E-state index in [0.717, 1.165) is 0 Å². The highest BCUT2D eigenvalue weighted by atomic mass is 19.1. The molecule has 0 aromatic heterocycles. The first-order valence-corrected chi connectivity index (χ1v) is 4.77. The van der Waals surface area contributed by atoms with Gasteiger partial charge >= 0.3 is 11.7 Å². The van der Waals surface area contributed by atoms with Gasteiger partial charge in [0.15, 0.2) is 0 Å². The van der Waals surface area contributed by atoms with Crippen molar-refractivity contribution in [2.45, 2.75) is 12.8 Å². The van der Waals surface area contributed by atoms with Crippen LogP contribution in [0.25, 0.3) is 5.53 Å². The molecule has 0 aliphatic carbocycles. The Morgan fingerprint density at radius 3 is 2.35 bits per heavy atom. The monoisotopic (exact) mass is 236 g/mol. The summed E-state index contributed by atoms with van der Waals surface area (Å²) in [6.07, 6.45) is 0.142. The van der Waals surface area contributed by atoms with Gasteiger partial charge in [0.1, 0.15) is 5.82 Å². The number of rotatable bonds is 5. The van der Waals surface area contributed by atoms with Crippen LogP contribution >= 0.6 is 0 Å². The Hall–Kier alpha value is -2.33. The lowest BCUT2D eigenvalue weighted by atomic mass is 10.1. The Labute approximate surface area is 96.1 Å². The van der Waals surface area contributed by atoms with Crippen LogP contribution in [0.5, 0.6) is 0 Å². The molecule has 0 bridgehead atoms. The summed E-state index contributed by atoms with van der Waals surface area (Å²) >= 11 is 0. The fourth-order valence-corrected chi connectivity index (χ4v) is 1.25. The highest BCUT2D eigenvalue weighted by Crippen LogP contribution is 2.05. The third kappa shape index (κ3) is 3.62. The van der Waals surface area contributed by atoms with Crippen molar-refractivity contribution in [2.75, 3.05) is 0 Å². The van der Waals surface area contributed by atoms with E-state index in [-0.39, 0.29) is 18.7 Å². The number of carbonyl (C=O) groups is 2. The van der Waals surface area contributed by atoms with Gasteiger partial charge in [-0.3, -0.25) is 4.79 Å². The molecule has 0 unspecified atom stereocenters. The molecule has 17 heavy (non-hydrogen) atoms. The van der Waals surface area contributed by atoms with E-state index >= 15 is 0 Å². The third-order valence-electron chi connectivity index (χ3n) is 2.12. The van der Waals surface area contributed by atoms with E-state index in [1.807, 2.05) is 0 Å². The average Bonchev–Trinajstić information content (AvgIpc) is 2.28. The van der Waals surface area contributed by atoms with Gasteiger partial charge in [-0.25, -0.2) is 9.18 Å². The summed E-state index contributed by atoms with van der Waals surface area (Å²) in [5.41, 5.74) is 8.14. The van der Waals surface area contributed by atoms with Crippen LogP contribution in [0.2, 0.25) is 0 Å². The van der Waals surface area contributed by atoms with Crippen LogP contribution < -0.4 is 0 Å². The molecule has 1 aromatic carbocycles. The van der Waals surface area contributed by atoms with E-state index in [9.17, 15) is 14.0 Å². The maximum absolute atomic E-state index is 12.6. The molecule has 0 aliphatic heterocycles. The number of aryl methyl sites for hydroxylation is 1. The number of ketones is 1. The third-order valence-corrected chi connectivity index (χ3v) is 2.12. The zero-order valence-electron chi connectivity index (χ0n) is 8.76. The zero-order valence-corrected chi connectivity index (χ0v) is 8.76. The van der Waals surface area contributed by atoms with Gasteiger partial charge in [0.25, 0.3) is 5.78 Å². The van der Waals surface area contributed by atoms with Gasteiger partial charge in [-0.05, 0) is 24.1 Å². The number of hydrogen-bond donors (Lipinski definition) is 1. The number of hydrogen-bond acceptors (Lipinski definition) is 2. The largest absolute Gasteiger partial charge is 0.472 e. The highest BCUT2D eigenvalue weighted by molar-refractivity contribution is 6.61. The average molecular weight is 236 g/mol. The van der Waals surface area contributed by atoms with Gasteiger partial charge in [-0.1, -0.05) is 12.1 Å². The Kier molecular flexibility index (Phi) is 4.25. The van der Waals surface area contributed by atoms with E-state index in [0.29, 0.717) is 5.56 Å². The summed E-state index contributed by atoms with van der Waals surface area (Å²) in [6.45, 7) is 0. The van der Waals surface area contributed by atoms with Crippen molar-refractivity contribution in [1.82, 2.24) is 0 Å². The number of nitrogens with zero attached hydrogens (tertiary/aromatic N) is 2. The van der Waals surface area contributed by atoms with E-state index in [1.165, 1.54) is 24.3 Å². The first kappa shape index (κ1) is 12.7. The molecular weight excluding hydrogens is 227 g/mol. The lowest BCUT2D eigenvalue weighted by molar-refractivity contribution is -0.136. The van der Waals surface area contributed by atoms with Gasteiger partial charge in [0.2, 0.25) is 0 Å². The summed E-state index contributed by atoms with van der Waals surface area (Å²) in [5.74, 6) is -2.73. The number of carboxylic acids is 1. The summed E-state index contributed by atoms with van der Waals surface area (Å²) in [5, 5.41) is 8.52. The fourth-order valence-electron chi connectivity index (χ4n) is 1.25. The summed E-state index contributed by atoms with van der Waals surface area (Å²) in [6, 6.07) is 5.49. The summed E-state index contributed by atoms with van der Waals surface area (Å²) in [7, 11) is 0. The number of Topliss-reactive ketones (excluding diaryl/α,β-unsaturated/α-hetero) is 1.